The molecule has 2 aliphatic heterocycles. The Bertz CT molecular complexity index is 483. The molecule has 19 heavy (non-hydrogen) atoms. The zero-order valence-corrected chi connectivity index (χ0v) is 12.2. The number of carbonyl (C=O) groups is 1. The van der Waals surface area contributed by atoms with Crippen LogP contribution in [0.4, 0.5) is 0 Å². The van der Waals surface area contributed by atoms with Crippen LogP contribution in [-0.4, -0.2) is 50.1 Å². The molecule has 0 aliphatic carbocycles. The Morgan fingerprint density at radius 3 is 2.47 bits per heavy atom. The van der Waals surface area contributed by atoms with E-state index in [9.17, 15) is 13.2 Å². The molecule has 3 N–H and O–H groups in total. The lowest BCUT2D eigenvalue weighted by Gasteiger charge is -2.35. The zero-order valence-electron chi connectivity index (χ0n) is 10.6. The molecule has 0 aromatic rings. The SMILES string of the molecule is NC(=S)C1(C(=O)NC2CCS(=O)(=O)C2)CCOCC1. The number of hydrogen-bond donors (Lipinski definition) is 2. The van der Waals surface area contributed by atoms with Gasteiger partial charge in [0.15, 0.2) is 9.84 Å². The number of thiocarbonyl (C=S) groups is 1. The molecule has 0 bridgehead atoms. The van der Waals surface area contributed by atoms with Crippen molar-refractivity contribution in [3.05, 3.63) is 0 Å². The normalized spacial score (nSPS) is 28.7. The minimum Gasteiger partial charge on any atom is -0.392 e. The van der Waals surface area contributed by atoms with Crippen LogP contribution in [0.1, 0.15) is 19.3 Å². The highest BCUT2D eigenvalue weighted by Crippen LogP contribution is 2.31. The first-order valence-corrected chi connectivity index (χ1v) is 8.48. The minimum atomic E-state index is -3.02. The van der Waals surface area contributed by atoms with Crippen LogP contribution in [-0.2, 0) is 19.4 Å². The fourth-order valence-corrected chi connectivity index (χ4v) is 4.51. The van der Waals surface area contributed by atoms with Gasteiger partial charge in [0.2, 0.25) is 5.91 Å². The van der Waals surface area contributed by atoms with Gasteiger partial charge in [0.05, 0.1) is 16.5 Å². The van der Waals surface area contributed by atoms with Crippen molar-refractivity contribution in [2.75, 3.05) is 24.7 Å². The lowest BCUT2D eigenvalue weighted by Crippen LogP contribution is -2.54. The maximum Gasteiger partial charge on any atom is 0.233 e. The van der Waals surface area contributed by atoms with Gasteiger partial charge < -0.3 is 15.8 Å². The number of hydrogen-bond acceptors (Lipinski definition) is 5. The quantitative estimate of drug-likeness (QED) is 0.674. The molecule has 6 nitrogen and oxygen atoms in total. The van der Waals surface area contributed by atoms with Crippen molar-refractivity contribution in [1.29, 1.82) is 0 Å². The molecule has 2 rings (SSSR count). The number of sulfone groups is 1. The van der Waals surface area contributed by atoms with E-state index in [4.69, 9.17) is 22.7 Å². The van der Waals surface area contributed by atoms with Gasteiger partial charge in [-0.15, -0.1) is 0 Å². The molecule has 1 unspecified atom stereocenters. The highest BCUT2D eigenvalue weighted by molar-refractivity contribution is 7.91. The summed E-state index contributed by atoms with van der Waals surface area (Å²) >= 11 is 5.03. The number of nitrogens with one attached hydrogen (secondary N) is 1. The maximum absolute atomic E-state index is 12.4. The predicted octanol–water partition coefficient (Wildman–Crippen LogP) is -0.627. The molecule has 2 saturated heterocycles. The van der Waals surface area contributed by atoms with Gasteiger partial charge in [0, 0.05) is 19.3 Å². The number of amides is 1. The second kappa shape index (κ2) is 5.34. The molecule has 1 amide bonds. The number of ether oxygens (including phenoxy) is 1. The van der Waals surface area contributed by atoms with Crippen LogP contribution < -0.4 is 11.1 Å². The molecule has 0 saturated carbocycles. The number of rotatable bonds is 3. The Labute approximate surface area is 118 Å². The van der Waals surface area contributed by atoms with Gasteiger partial charge in [-0.3, -0.25) is 4.79 Å². The Morgan fingerprint density at radius 1 is 1.37 bits per heavy atom. The number of nitrogens with two attached hydrogens (primary N) is 1. The maximum atomic E-state index is 12.4. The summed E-state index contributed by atoms with van der Waals surface area (Å²) in [6, 6.07) is -0.327. The first kappa shape index (κ1) is 14.7. The van der Waals surface area contributed by atoms with Crippen molar-refractivity contribution < 1.29 is 17.9 Å². The molecule has 1 atom stereocenters. The molecule has 0 radical (unpaired) electrons. The van der Waals surface area contributed by atoms with Gasteiger partial charge in [0.25, 0.3) is 0 Å². The van der Waals surface area contributed by atoms with Crippen LogP contribution in [0.15, 0.2) is 0 Å². The molecule has 108 valence electrons. The highest BCUT2D eigenvalue weighted by Gasteiger charge is 2.44. The Kier molecular flexibility index (Phi) is 4.12. The van der Waals surface area contributed by atoms with E-state index in [0.717, 1.165) is 0 Å². The van der Waals surface area contributed by atoms with E-state index < -0.39 is 15.3 Å². The van der Waals surface area contributed by atoms with Gasteiger partial charge in [-0.05, 0) is 19.3 Å². The van der Waals surface area contributed by atoms with Gasteiger partial charge in [-0.25, -0.2) is 8.42 Å². The molecular weight excluding hydrogens is 288 g/mol. The molecule has 2 fully saturated rings. The third kappa shape index (κ3) is 3.06. The molecule has 8 heteroatoms. The molecular formula is C11H18N2O4S2. The molecule has 2 heterocycles. The Hall–Kier alpha value is -0.730. The fourth-order valence-electron chi connectivity index (χ4n) is 2.54. The van der Waals surface area contributed by atoms with E-state index in [1.54, 1.807) is 0 Å². The minimum absolute atomic E-state index is 0.00263. The van der Waals surface area contributed by atoms with E-state index in [1.165, 1.54) is 0 Å². The summed E-state index contributed by atoms with van der Waals surface area (Å²) in [5, 5.41) is 2.79. The fraction of sp³-hybridized carbons (Fsp3) is 0.818. The highest BCUT2D eigenvalue weighted by atomic mass is 32.2. The van der Waals surface area contributed by atoms with E-state index in [0.29, 0.717) is 32.5 Å². The van der Waals surface area contributed by atoms with Gasteiger partial charge in [-0.2, -0.15) is 0 Å². The van der Waals surface area contributed by atoms with Crippen molar-refractivity contribution in [3.63, 3.8) is 0 Å². The van der Waals surface area contributed by atoms with Crippen LogP contribution in [0.25, 0.3) is 0 Å². The van der Waals surface area contributed by atoms with Gasteiger partial charge in [-0.1, -0.05) is 12.2 Å². The first-order chi connectivity index (χ1) is 8.86. The third-order valence-corrected chi connectivity index (χ3v) is 5.98. The second-order valence-corrected chi connectivity index (χ2v) is 7.80. The summed E-state index contributed by atoms with van der Waals surface area (Å²) in [4.78, 5) is 12.6. The summed E-state index contributed by atoms with van der Waals surface area (Å²) in [6.07, 6.45) is 1.36. The smallest absolute Gasteiger partial charge is 0.233 e. The average molecular weight is 306 g/mol. The molecule has 0 aromatic carbocycles. The Morgan fingerprint density at radius 2 is 2.00 bits per heavy atom. The average Bonchev–Trinajstić information content (AvgIpc) is 2.69. The predicted molar refractivity (Wildman–Crippen MR) is 74.5 cm³/mol. The van der Waals surface area contributed by atoms with Crippen molar-refractivity contribution in [1.82, 2.24) is 5.32 Å². The van der Waals surface area contributed by atoms with E-state index in [-0.39, 0.29) is 28.4 Å². The van der Waals surface area contributed by atoms with Crippen molar-refractivity contribution >= 4 is 33.0 Å². The summed E-state index contributed by atoms with van der Waals surface area (Å²) < 4.78 is 28.0. The van der Waals surface area contributed by atoms with Crippen molar-refractivity contribution in [2.24, 2.45) is 11.1 Å². The summed E-state index contributed by atoms with van der Waals surface area (Å²) in [5.74, 6) is -0.130. The number of carbonyl (C=O) groups excluding carboxylic acids is 1. The third-order valence-electron chi connectivity index (χ3n) is 3.82. The Balaban J connectivity index is 2.07. The summed E-state index contributed by atoms with van der Waals surface area (Å²) in [5.41, 5.74) is 4.84. The zero-order chi connectivity index (χ0) is 14.1. The molecule has 0 aromatic heterocycles. The topological polar surface area (TPSA) is 98.5 Å². The molecule has 2 aliphatic rings. The van der Waals surface area contributed by atoms with Crippen molar-refractivity contribution in [2.45, 2.75) is 25.3 Å². The van der Waals surface area contributed by atoms with Crippen LogP contribution in [0.3, 0.4) is 0 Å². The van der Waals surface area contributed by atoms with Crippen LogP contribution >= 0.6 is 12.2 Å². The van der Waals surface area contributed by atoms with Gasteiger partial charge >= 0.3 is 0 Å². The molecule has 0 spiro atoms. The first-order valence-electron chi connectivity index (χ1n) is 6.25. The summed E-state index contributed by atoms with van der Waals surface area (Å²) in [6.45, 7) is 0.876. The summed E-state index contributed by atoms with van der Waals surface area (Å²) in [7, 11) is -3.02. The second-order valence-electron chi connectivity index (χ2n) is 5.13. The van der Waals surface area contributed by atoms with E-state index in [1.807, 2.05) is 0 Å². The monoisotopic (exact) mass is 306 g/mol. The lowest BCUT2D eigenvalue weighted by atomic mass is 9.79. The standard InChI is InChI=1S/C11H18N2O4S2/c12-9(18)11(2-4-17-5-3-11)10(14)13-8-1-6-19(15,16)7-8/h8H,1-7H2,(H2,12,18)(H,13,14). The van der Waals surface area contributed by atoms with Crippen LogP contribution in [0.2, 0.25) is 0 Å². The van der Waals surface area contributed by atoms with Crippen LogP contribution in [0, 0.1) is 5.41 Å². The largest absolute Gasteiger partial charge is 0.392 e. The van der Waals surface area contributed by atoms with Crippen molar-refractivity contribution in [3.8, 4) is 0 Å². The lowest BCUT2D eigenvalue weighted by molar-refractivity contribution is -0.132. The van der Waals surface area contributed by atoms with Crippen LogP contribution in [0.5, 0.6) is 0 Å². The van der Waals surface area contributed by atoms with E-state index in [2.05, 4.69) is 5.32 Å². The van der Waals surface area contributed by atoms with Gasteiger partial charge in [0.1, 0.15) is 5.41 Å². The van der Waals surface area contributed by atoms with E-state index >= 15 is 0 Å².